The fourth-order valence-corrected chi connectivity index (χ4v) is 3.81. The van der Waals surface area contributed by atoms with Gasteiger partial charge in [-0.05, 0) is 23.8 Å². The molecule has 7 nitrogen and oxygen atoms in total. The number of benzene rings is 2. The van der Waals surface area contributed by atoms with E-state index in [4.69, 9.17) is 16.3 Å². The maximum absolute atomic E-state index is 13.2. The average Bonchev–Trinajstić information content (AvgIpc) is 3.22. The number of amides is 2. The van der Waals surface area contributed by atoms with Gasteiger partial charge in [0.15, 0.2) is 0 Å². The van der Waals surface area contributed by atoms with E-state index in [0.717, 1.165) is 17.0 Å². The first-order chi connectivity index (χ1) is 14.1. The van der Waals surface area contributed by atoms with Crippen LogP contribution in [-0.4, -0.2) is 40.5 Å². The summed E-state index contributed by atoms with van der Waals surface area (Å²) in [6.07, 6.45) is 2.27. The number of para-hydroxylation sites is 1. The molecule has 0 aliphatic carbocycles. The van der Waals surface area contributed by atoms with Gasteiger partial charge in [0.1, 0.15) is 6.04 Å². The normalized spacial score (nSPS) is 15.5. The number of nitrogens with zero attached hydrogens (tertiary/aromatic N) is 2. The predicted molar refractivity (Wildman–Crippen MR) is 109 cm³/mol. The Hall–Kier alpha value is -3.32. The van der Waals surface area contributed by atoms with Crippen LogP contribution >= 0.6 is 11.6 Å². The Balaban J connectivity index is 1.70. The van der Waals surface area contributed by atoms with Crippen molar-refractivity contribution in [2.24, 2.45) is 0 Å². The highest BCUT2D eigenvalue weighted by Crippen LogP contribution is 2.37. The van der Waals surface area contributed by atoms with E-state index in [1.54, 1.807) is 41.6 Å². The number of hydrogen-bond donors (Lipinski definition) is 2. The van der Waals surface area contributed by atoms with Gasteiger partial charge in [-0.1, -0.05) is 41.9 Å². The van der Waals surface area contributed by atoms with Crippen LogP contribution in [0.15, 0.2) is 54.9 Å². The van der Waals surface area contributed by atoms with E-state index in [9.17, 15) is 9.59 Å². The van der Waals surface area contributed by atoms with Crippen molar-refractivity contribution >= 4 is 29.3 Å². The first kappa shape index (κ1) is 19.0. The van der Waals surface area contributed by atoms with Crippen molar-refractivity contribution in [1.29, 1.82) is 0 Å². The number of rotatable bonds is 3. The summed E-state index contributed by atoms with van der Waals surface area (Å²) in [5, 5.41) is 3.40. The monoisotopic (exact) mass is 410 g/mol. The number of aromatic nitrogens is 2. The van der Waals surface area contributed by atoms with E-state index in [1.807, 2.05) is 18.2 Å². The van der Waals surface area contributed by atoms with Gasteiger partial charge in [-0.25, -0.2) is 14.6 Å². The summed E-state index contributed by atoms with van der Waals surface area (Å²) < 4.78 is 4.81. The van der Waals surface area contributed by atoms with Crippen LogP contribution in [0.1, 0.15) is 33.4 Å². The highest BCUT2D eigenvalue weighted by atomic mass is 35.5. The summed E-state index contributed by atoms with van der Waals surface area (Å²) in [5.74, 6) is -0.517. The molecule has 29 heavy (non-hydrogen) atoms. The van der Waals surface area contributed by atoms with Crippen LogP contribution in [0.25, 0.3) is 0 Å². The van der Waals surface area contributed by atoms with Gasteiger partial charge in [0, 0.05) is 23.7 Å². The molecule has 0 bridgehead atoms. The number of carbonyl (C=O) groups is 2. The fourth-order valence-electron chi connectivity index (χ4n) is 3.57. The number of imidazole rings is 1. The van der Waals surface area contributed by atoms with E-state index >= 15 is 0 Å². The molecule has 2 heterocycles. The van der Waals surface area contributed by atoms with Crippen molar-refractivity contribution in [3.63, 3.8) is 0 Å². The van der Waals surface area contributed by atoms with Crippen molar-refractivity contribution < 1.29 is 14.3 Å². The highest BCUT2D eigenvalue weighted by Gasteiger charge is 2.35. The van der Waals surface area contributed by atoms with Crippen LogP contribution in [0.5, 0.6) is 0 Å². The van der Waals surface area contributed by atoms with Gasteiger partial charge < -0.3 is 19.9 Å². The molecule has 8 heteroatoms. The number of esters is 1. The maximum Gasteiger partial charge on any atom is 0.339 e. The van der Waals surface area contributed by atoms with Crippen molar-refractivity contribution in [2.75, 3.05) is 19.0 Å². The first-order valence-corrected chi connectivity index (χ1v) is 9.49. The van der Waals surface area contributed by atoms with E-state index in [-0.39, 0.29) is 11.6 Å². The van der Waals surface area contributed by atoms with Gasteiger partial charge >= 0.3 is 12.0 Å². The molecule has 0 saturated heterocycles. The summed E-state index contributed by atoms with van der Waals surface area (Å²) >= 11 is 6.45. The lowest BCUT2D eigenvalue weighted by molar-refractivity contribution is 0.0602. The zero-order valence-corrected chi connectivity index (χ0v) is 16.4. The minimum Gasteiger partial charge on any atom is -0.465 e. The predicted octanol–water partition coefficient (Wildman–Crippen LogP) is 4.03. The highest BCUT2D eigenvalue weighted by molar-refractivity contribution is 6.31. The Morgan fingerprint density at radius 1 is 1.21 bits per heavy atom. The van der Waals surface area contributed by atoms with Crippen LogP contribution in [0.4, 0.5) is 10.5 Å². The third-order valence-electron chi connectivity index (χ3n) is 4.96. The molecule has 0 unspecified atom stereocenters. The van der Waals surface area contributed by atoms with Gasteiger partial charge in [0.2, 0.25) is 0 Å². The van der Waals surface area contributed by atoms with Crippen molar-refractivity contribution in [3.8, 4) is 0 Å². The lowest BCUT2D eigenvalue weighted by Gasteiger charge is -2.35. The molecule has 1 aromatic heterocycles. The smallest absolute Gasteiger partial charge is 0.339 e. The lowest BCUT2D eigenvalue weighted by Crippen LogP contribution is -2.43. The Labute approximate surface area is 172 Å². The second-order valence-electron chi connectivity index (χ2n) is 6.60. The molecular weight excluding hydrogens is 392 g/mol. The molecule has 3 aromatic rings. The number of methoxy groups -OCH3 is 1. The Kier molecular flexibility index (Phi) is 5.22. The molecule has 2 amide bonds. The number of carbonyl (C=O) groups excluding carboxylic acids is 2. The molecule has 1 atom stereocenters. The van der Waals surface area contributed by atoms with Crippen molar-refractivity contribution in [1.82, 2.24) is 14.9 Å². The number of halogens is 1. The largest absolute Gasteiger partial charge is 0.465 e. The molecule has 0 fully saturated rings. The molecule has 1 aliphatic rings. The number of ether oxygens (including phenoxy) is 1. The summed E-state index contributed by atoms with van der Waals surface area (Å²) in [6.45, 7) is 0.470. The summed E-state index contributed by atoms with van der Waals surface area (Å²) in [5.41, 5.74) is 3.21. The van der Waals surface area contributed by atoms with Gasteiger partial charge in [0.25, 0.3) is 0 Å². The number of aromatic amines is 1. The minimum atomic E-state index is -0.517. The SMILES string of the molecule is COC(=O)c1ccccc1NC(=O)N1CCc2[nH]cnc2[C@H]1c1ccccc1Cl. The first-order valence-electron chi connectivity index (χ1n) is 9.11. The maximum atomic E-state index is 13.2. The molecule has 0 spiro atoms. The summed E-state index contributed by atoms with van der Waals surface area (Å²) in [6, 6.07) is 13.3. The summed E-state index contributed by atoms with van der Waals surface area (Å²) in [4.78, 5) is 34.5. The molecule has 4 rings (SSSR count). The van der Waals surface area contributed by atoms with Gasteiger partial charge in [-0.2, -0.15) is 0 Å². The number of fused-ring (bicyclic) bond motifs is 1. The number of H-pyrrole nitrogens is 1. The van der Waals surface area contributed by atoms with Crippen LogP contribution in [0.3, 0.4) is 0 Å². The number of nitrogens with one attached hydrogen (secondary N) is 2. The Morgan fingerprint density at radius 2 is 1.97 bits per heavy atom. The van der Waals surface area contributed by atoms with Crippen LogP contribution < -0.4 is 5.32 Å². The standard InChI is InChI=1S/C21H19ClN4O3/c1-29-20(27)14-7-3-5-9-16(14)25-21(28)26-11-10-17-18(24-12-23-17)19(26)13-6-2-4-8-15(13)22/h2-9,12,19H,10-11H2,1H3,(H,23,24)(H,25,28)/t19-/m1/s1. The second kappa shape index (κ2) is 7.97. The van der Waals surface area contributed by atoms with Gasteiger partial charge in [0.05, 0.1) is 30.4 Å². The second-order valence-corrected chi connectivity index (χ2v) is 7.01. The topological polar surface area (TPSA) is 87.3 Å². The third kappa shape index (κ3) is 3.56. The molecule has 2 N–H and O–H groups in total. The molecule has 2 aromatic carbocycles. The summed E-state index contributed by atoms with van der Waals surface area (Å²) in [7, 11) is 1.30. The minimum absolute atomic E-state index is 0.287. The zero-order valence-electron chi connectivity index (χ0n) is 15.7. The Morgan fingerprint density at radius 3 is 2.76 bits per heavy atom. The van der Waals surface area contributed by atoms with E-state index in [0.29, 0.717) is 23.7 Å². The molecule has 1 aliphatic heterocycles. The van der Waals surface area contributed by atoms with Crippen LogP contribution in [-0.2, 0) is 11.2 Å². The van der Waals surface area contributed by atoms with Crippen LogP contribution in [0, 0.1) is 0 Å². The van der Waals surface area contributed by atoms with Crippen molar-refractivity contribution in [3.05, 3.63) is 82.4 Å². The van der Waals surface area contributed by atoms with Gasteiger partial charge in [-0.15, -0.1) is 0 Å². The third-order valence-corrected chi connectivity index (χ3v) is 5.30. The lowest BCUT2D eigenvalue weighted by atomic mass is 9.96. The number of anilines is 1. The number of urea groups is 1. The molecule has 0 saturated carbocycles. The zero-order chi connectivity index (χ0) is 20.4. The Bertz CT molecular complexity index is 1070. The molecule has 148 valence electrons. The van der Waals surface area contributed by atoms with Crippen LogP contribution in [0.2, 0.25) is 5.02 Å². The quantitative estimate of drug-likeness (QED) is 0.638. The fraction of sp³-hybridized carbons (Fsp3) is 0.190. The van der Waals surface area contributed by atoms with Gasteiger partial charge in [-0.3, -0.25) is 0 Å². The average molecular weight is 411 g/mol. The van der Waals surface area contributed by atoms with Crippen molar-refractivity contribution in [2.45, 2.75) is 12.5 Å². The van der Waals surface area contributed by atoms with E-state index < -0.39 is 12.0 Å². The number of hydrogen-bond acceptors (Lipinski definition) is 4. The molecule has 0 radical (unpaired) electrons. The van der Waals surface area contributed by atoms with E-state index in [1.165, 1.54) is 7.11 Å². The van der Waals surface area contributed by atoms with E-state index in [2.05, 4.69) is 15.3 Å². The molecular formula is C21H19ClN4O3.